The number of benzene rings is 1. The third-order valence-corrected chi connectivity index (χ3v) is 3.71. The van der Waals surface area contributed by atoms with E-state index in [1.54, 1.807) is 11.8 Å². The molecule has 1 rings (SSSR count). The fraction of sp³-hybridized carbons (Fsp3) is 0.438. The van der Waals surface area contributed by atoms with Crippen molar-refractivity contribution in [2.75, 3.05) is 25.7 Å². The molecule has 2 amide bonds. The normalized spacial score (nSPS) is 11.2. The Morgan fingerprint density at radius 1 is 1.21 bits per heavy atom. The van der Waals surface area contributed by atoms with Crippen molar-refractivity contribution in [3.63, 3.8) is 0 Å². The molecule has 1 aromatic carbocycles. The molecule has 0 saturated carbocycles. The molecular formula is C16H22N2O5S. The van der Waals surface area contributed by atoms with E-state index in [0.29, 0.717) is 12.2 Å². The smallest absolute Gasteiger partial charge is 0.408 e. The van der Waals surface area contributed by atoms with Crippen LogP contribution >= 0.6 is 11.8 Å². The number of nitrogens with one attached hydrogen (secondary N) is 2. The molecular weight excluding hydrogens is 332 g/mol. The van der Waals surface area contributed by atoms with E-state index in [0.717, 1.165) is 5.56 Å². The number of esters is 1. The van der Waals surface area contributed by atoms with Gasteiger partial charge in [-0.15, -0.1) is 0 Å². The molecule has 1 unspecified atom stereocenters. The van der Waals surface area contributed by atoms with E-state index in [1.807, 2.05) is 36.6 Å². The van der Waals surface area contributed by atoms with Crippen LogP contribution in [-0.2, 0) is 25.7 Å². The number of rotatable bonds is 9. The fourth-order valence-electron chi connectivity index (χ4n) is 1.77. The Morgan fingerprint density at radius 3 is 2.54 bits per heavy atom. The first-order valence-corrected chi connectivity index (χ1v) is 8.77. The minimum atomic E-state index is -0.773. The Hall–Kier alpha value is -2.22. The van der Waals surface area contributed by atoms with E-state index in [1.165, 1.54) is 7.11 Å². The summed E-state index contributed by atoms with van der Waals surface area (Å²) >= 11 is 1.55. The average molecular weight is 354 g/mol. The lowest BCUT2D eigenvalue weighted by Gasteiger charge is -2.17. The molecule has 0 aliphatic heterocycles. The summed E-state index contributed by atoms with van der Waals surface area (Å²) in [6, 6.07) is 8.46. The zero-order chi connectivity index (χ0) is 17.8. The maximum Gasteiger partial charge on any atom is 0.408 e. The number of hydrogen-bond donors (Lipinski definition) is 2. The second kappa shape index (κ2) is 11.3. The van der Waals surface area contributed by atoms with E-state index >= 15 is 0 Å². The molecule has 2 N–H and O–H groups in total. The predicted molar refractivity (Wildman–Crippen MR) is 91.6 cm³/mol. The summed E-state index contributed by atoms with van der Waals surface area (Å²) in [4.78, 5) is 35.0. The topological polar surface area (TPSA) is 93.7 Å². The van der Waals surface area contributed by atoms with Crippen molar-refractivity contribution in [2.45, 2.75) is 19.1 Å². The van der Waals surface area contributed by atoms with Gasteiger partial charge >= 0.3 is 12.1 Å². The van der Waals surface area contributed by atoms with Gasteiger partial charge < -0.3 is 20.1 Å². The summed E-state index contributed by atoms with van der Waals surface area (Å²) < 4.78 is 9.57. The van der Waals surface area contributed by atoms with Crippen LogP contribution in [0.4, 0.5) is 4.79 Å². The molecule has 8 heteroatoms. The Balaban J connectivity index is 2.49. The lowest BCUT2D eigenvalue weighted by Crippen LogP contribution is -2.48. The van der Waals surface area contributed by atoms with E-state index in [2.05, 4.69) is 15.4 Å². The molecule has 0 aromatic heterocycles. The van der Waals surface area contributed by atoms with Crippen LogP contribution in [0.3, 0.4) is 0 Å². The average Bonchev–Trinajstić information content (AvgIpc) is 2.61. The summed E-state index contributed by atoms with van der Waals surface area (Å²) in [5, 5.41) is 4.95. The van der Waals surface area contributed by atoms with Gasteiger partial charge in [-0.25, -0.2) is 4.79 Å². The van der Waals surface area contributed by atoms with Gasteiger partial charge in [0.1, 0.15) is 19.2 Å². The van der Waals surface area contributed by atoms with E-state index < -0.39 is 24.0 Å². The van der Waals surface area contributed by atoms with Gasteiger partial charge in [0.15, 0.2) is 0 Å². The van der Waals surface area contributed by atoms with Crippen molar-refractivity contribution in [1.82, 2.24) is 10.6 Å². The van der Waals surface area contributed by atoms with Crippen molar-refractivity contribution >= 4 is 29.7 Å². The van der Waals surface area contributed by atoms with Crippen molar-refractivity contribution < 1.29 is 23.9 Å². The van der Waals surface area contributed by atoms with Gasteiger partial charge in [-0.2, -0.15) is 11.8 Å². The van der Waals surface area contributed by atoms with Crippen LogP contribution in [0.1, 0.15) is 12.0 Å². The molecule has 24 heavy (non-hydrogen) atoms. The lowest BCUT2D eigenvalue weighted by molar-refractivity contribution is -0.141. The third-order valence-electron chi connectivity index (χ3n) is 3.07. The lowest BCUT2D eigenvalue weighted by atomic mass is 10.2. The second-order valence-corrected chi connectivity index (χ2v) is 5.82. The zero-order valence-electron chi connectivity index (χ0n) is 13.7. The third kappa shape index (κ3) is 7.87. The number of ether oxygens (including phenoxy) is 2. The first kappa shape index (κ1) is 19.8. The molecule has 0 heterocycles. The summed E-state index contributed by atoms with van der Waals surface area (Å²) in [5.41, 5.74) is 0.850. The number of methoxy groups -OCH3 is 1. The molecule has 0 aliphatic carbocycles. The number of carbonyl (C=O) groups excluding carboxylic acids is 3. The first-order chi connectivity index (χ1) is 11.6. The minimum absolute atomic E-state index is 0.117. The number of alkyl carbamates (subject to hydrolysis) is 1. The second-order valence-electron chi connectivity index (χ2n) is 4.83. The summed E-state index contributed by atoms with van der Waals surface area (Å²) in [5.74, 6) is -0.334. The Morgan fingerprint density at radius 2 is 1.92 bits per heavy atom. The largest absolute Gasteiger partial charge is 0.468 e. The number of thioether (sulfide) groups is 1. The van der Waals surface area contributed by atoms with E-state index in [-0.39, 0.29) is 13.2 Å². The van der Waals surface area contributed by atoms with Gasteiger partial charge in [-0.1, -0.05) is 30.3 Å². The van der Waals surface area contributed by atoms with Gasteiger partial charge in [0.25, 0.3) is 0 Å². The number of amides is 2. The minimum Gasteiger partial charge on any atom is -0.468 e. The standard InChI is InChI=1S/C16H22N2O5S/c1-22-14(19)10-17-15(20)13(8-9-24-2)18-16(21)23-11-12-6-4-3-5-7-12/h3-7,13H,8-11H2,1-2H3,(H,17,20)(H,18,21). The monoisotopic (exact) mass is 354 g/mol. The Labute approximate surface area is 145 Å². The molecule has 0 saturated heterocycles. The maximum absolute atomic E-state index is 12.1. The molecule has 0 radical (unpaired) electrons. The molecule has 1 aromatic rings. The van der Waals surface area contributed by atoms with Crippen LogP contribution in [-0.4, -0.2) is 49.7 Å². The van der Waals surface area contributed by atoms with Crippen molar-refractivity contribution in [3.8, 4) is 0 Å². The van der Waals surface area contributed by atoms with E-state index in [4.69, 9.17) is 4.74 Å². The van der Waals surface area contributed by atoms with Crippen molar-refractivity contribution in [2.24, 2.45) is 0 Å². The summed E-state index contributed by atoms with van der Waals surface area (Å²) in [7, 11) is 1.24. The highest BCUT2D eigenvalue weighted by Gasteiger charge is 2.21. The van der Waals surface area contributed by atoms with E-state index in [9.17, 15) is 14.4 Å². The quantitative estimate of drug-likeness (QED) is 0.650. The fourth-order valence-corrected chi connectivity index (χ4v) is 2.24. The number of carbonyl (C=O) groups is 3. The highest BCUT2D eigenvalue weighted by atomic mass is 32.2. The van der Waals surface area contributed by atoms with Crippen molar-refractivity contribution in [3.05, 3.63) is 35.9 Å². The van der Waals surface area contributed by atoms with Crippen LogP contribution in [0, 0.1) is 0 Å². The molecule has 0 bridgehead atoms. The number of hydrogen-bond acceptors (Lipinski definition) is 6. The van der Waals surface area contributed by atoms with Crippen molar-refractivity contribution in [1.29, 1.82) is 0 Å². The van der Waals surface area contributed by atoms with Crippen LogP contribution in [0.25, 0.3) is 0 Å². The molecule has 1 atom stereocenters. The predicted octanol–water partition coefficient (Wildman–Crippen LogP) is 1.32. The summed E-state index contributed by atoms with van der Waals surface area (Å²) in [6.45, 7) is -0.127. The van der Waals surface area contributed by atoms with Crippen LogP contribution in [0.15, 0.2) is 30.3 Å². The maximum atomic E-state index is 12.1. The van der Waals surface area contributed by atoms with Crippen LogP contribution in [0.5, 0.6) is 0 Å². The van der Waals surface area contributed by atoms with Gasteiger partial charge in [-0.3, -0.25) is 9.59 Å². The van der Waals surface area contributed by atoms with Gasteiger partial charge in [-0.05, 0) is 24.0 Å². The summed E-state index contributed by atoms with van der Waals surface area (Å²) in [6.07, 6.45) is 1.64. The Bertz CT molecular complexity index is 539. The zero-order valence-corrected chi connectivity index (χ0v) is 14.6. The molecule has 0 fully saturated rings. The SMILES string of the molecule is COC(=O)CNC(=O)C(CCSC)NC(=O)OCc1ccccc1. The molecule has 132 valence electrons. The van der Waals surface area contributed by atoms with Gasteiger partial charge in [0.05, 0.1) is 7.11 Å². The highest BCUT2D eigenvalue weighted by molar-refractivity contribution is 7.98. The van der Waals surface area contributed by atoms with Crippen LogP contribution in [0.2, 0.25) is 0 Å². The van der Waals surface area contributed by atoms with Crippen LogP contribution < -0.4 is 10.6 Å². The van der Waals surface area contributed by atoms with Gasteiger partial charge in [0, 0.05) is 0 Å². The first-order valence-electron chi connectivity index (χ1n) is 7.37. The molecule has 0 aliphatic rings. The molecule has 7 nitrogen and oxygen atoms in total. The molecule has 0 spiro atoms. The Kier molecular flexibility index (Phi) is 9.36. The van der Waals surface area contributed by atoms with Gasteiger partial charge in [0.2, 0.25) is 5.91 Å². The highest BCUT2D eigenvalue weighted by Crippen LogP contribution is 2.04.